The zero-order valence-electron chi connectivity index (χ0n) is 12.9. The number of halogens is 1. The average Bonchev–Trinajstić information content (AvgIpc) is 2.55. The summed E-state index contributed by atoms with van der Waals surface area (Å²) in [5.41, 5.74) is 2.81. The highest BCUT2D eigenvalue weighted by atomic mass is 35.5. The summed E-state index contributed by atoms with van der Waals surface area (Å²) in [6.45, 7) is 2.39. The van der Waals surface area contributed by atoms with Crippen molar-refractivity contribution in [1.82, 2.24) is 0 Å². The van der Waals surface area contributed by atoms with E-state index in [2.05, 4.69) is 11.4 Å². The van der Waals surface area contributed by atoms with Gasteiger partial charge < -0.3 is 10.6 Å². The number of benzene rings is 2. The number of nitriles is 1. The van der Waals surface area contributed by atoms with Crippen LogP contribution in [0, 0.1) is 11.3 Å². The molecule has 0 heterocycles. The molecule has 0 aliphatic rings. The normalized spacial score (nSPS) is 11.5. The Labute approximate surface area is 141 Å². The molecule has 0 saturated heterocycles. The average molecular weight is 329 g/mol. The molecule has 2 rings (SSSR count). The van der Waals surface area contributed by atoms with Gasteiger partial charge in [-0.3, -0.25) is 4.79 Å². The maximum absolute atomic E-state index is 12.0. The highest BCUT2D eigenvalue weighted by Crippen LogP contribution is 2.13. The number of hydrogen-bond donors (Lipinski definition) is 2. The predicted octanol–water partition coefficient (Wildman–Crippen LogP) is 2.67. The van der Waals surface area contributed by atoms with Gasteiger partial charge in [-0.15, -0.1) is 0 Å². The van der Waals surface area contributed by atoms with Crippen molar-refractivity contribution in [3.05, 3.63) is 64.7 Å². The van der Waals surface area contributed by atoms with E-state index in [-0.39, 0.29) is 11.9 Å². The van der Waals surface area contributed by atoms with Crippen LogP contribution in [0.3, 0.4) is 0 Å². The molecular weight excluding hydrogens is 310 g/mol. The van der Waals surface area contributed by atoms with Crippen LogP contribution in [0.2, 0.25) is 5.02 Å². The van der Waals surface area contributed by atoms with Gasteiger partial charge >= 0.3 is 0 Å². The third-order valence-corrected chi connectivity index (χ3v) is 3.83. The minimum absolute atomic E-state index is 0.0566. The smallest absolute Gasteiger partial charge is 0.279 e. The summed E-state index contributed by atoms with van der Waals surface area (Å²) in [4.78, 5) is 12.0. The molecule has 0 radical (unpaired) electrons. The maximum atomic E-state index is 12.0. The van der Waals surface area contributed by atoms with E-state index in [0.29, 0.717) is 18.0 Å². The number of nitrogens with two attached hydrogens (primary N) is 1. The highest BCUT2D eigenvalue weighted by molar-refractivity contribution is 6.30. The van der Waals surface area contributed by atoms with Crippen LogP contribution < -0.4 is 10.6 Å². The third-order valence-electron chi connectivity index (χ3n) is 3.57. The summed E-state index contributed by atoms with van der Waals surface area (Å²) in [6, 6.07) is 17.2. The summed E-state index contributed by atoms with van der Waals surface area (Å²) in [5, 5.41) is 14.2. The number of carbonyl (C=O) groups is 1. The lowest BCUT2D eigenvalue weighted by molar-refractivity contribution is -0.682. The summed E-state index contributed by atoms with van der Waals surface area (Å²) in [5.74, 6) is -0.0566. The molecular formula is C18H19ClN3O+. The van der Waals surface area contributed by atoms with Gasteiger partial charge in [0.1, 0.15) is 6.04 Å². The molecule has 118 valence electrons. The van der Waals surface area contributed by atoms with Gasteiger partial charge in [0, 0.05) is 16.3 Å². The molecule has 5 heteroatoms. The van der Waals surface area contributed by atoms with Crippen molar-refractivity contribution >= 4 is 23.2 Å². The van der Waals surface area contributed by atoms with Gasteiger partial charge in [0.15, 0.2) is 6.54 Å². The Balaban J connectivity index is 1.82. The molecule has 3 N–H and O–H groups in total. The van der Waals surface area contributed by atoms with E-state index >= 15 is 0 Å². The Bertz CT molecular complexity index is 690. The lowest BCUT2D eigenvalue weighted by atomic mass is 10.1. The predicted molar refractivity (Wildman–Crippen MR) is 91.0 cm³/mol. The fraction of sp³-hybridized carbons (Fsp3) is 0.222. The standard InChI is InChI=1S/C18H18ClN3O/c1-13(15-4-6-16(19)7-5-15)21-12-18(23)22-17-8-2-14(3-9-17)10-11-20/h2-9,13,21H,10,12H2,1H3,(H,22,23)/p+1/t13-/m0/s1. The van der Waals surface area contributed by atoms with Crippen molar-refractivity contribution in [2.24, 2.45) is 0 Å². The van der Waals surface area contributed by atoms with Crippen LogP contribution in [0.5, 0.6) is 0 Å². The molecule has 0 aliphatic carbocycles. The fourth-order valence-electron chi connectivity index (χ4n) is 2.20. The summed E-state index contributed by atoms with van der Waals surface area (Å²) < 4.78 is 0. The molecule has 0 unspecified atom stereocenters. The van der Waals surface area contributed by atoms with E-state index in [1.54, 1.807) is 0 Å². The monoisotopic (exact) mass is 328 g/mol. The fourth-order valence-corrected chi connectivity index (χ4v) is 2.32. The van der Waals surface area contributed by atoms with Crippen LogP contribution in [0.25, 0.3) is 0 Å². The molecule has 0 bridgehead atoms. The molecule has 1 atom stereocenters. The Morgan fingerprint density at radius 2 is 1.87 bits per heavy atom. The Morgan fingerprint density at radius 3 is 2.48 bits per heavy atom. The Morgan fingerprint density at radius 1 is 1.22 bits per heavy atom. The molecule has 23 heavy (non-hydrogen) atoms. The largest absolute Gasteiger partial charge is 0.333 e. The van der Waals surface area contributed by atoms with Gasteiger partial charge in [0.25, 0.3) is 5.91 Å². The van der Waals surface area contributed by atoms with E-state index in [4.69, 9.17) is 16.9 Å². The molecule has 1 amide bonds. The summed E-state index contributed by atoms with van der Waals surface area (Å²) >= 11 is 5.87. The second kappa shape index (κ2) is 8.33. The SMILES string of the molecule is C[C@H]([NH2+]CC(=O)Nc1ccc(CC#N)cc1)c1ccc(Cl)cc1. The zero-order chi connectivity index (χ0) is 16.7. The van der Waals surface area contributed by atoms with Gasteiger partial charge in [0.05, 0.1) is 12.5 Å². The van der Waals surface area contributed by atoms with E-state index in [0.717, 1.165) is 16.8 Å². The first-order valence-corrected chi connectivity index (χ1v) is 7.81. The van der Waals surface area contributed by atoms with Gasteiger partial charge in [-0.25, -0.2) is 0 Å². The molecule has 0 aromatic heterocycles. The molecule has 0 aliphatic heterocycles. The second-order valence-electron chi connectivity index (χ2n) is 5.36. The second-order valence-corrected chi connectivity index (χ2v) is 5.80. The number of carbonyl (C=O) groups excluding carboxylic acids is 1. The topological polar surface area (TPSA) is 69.5 Å². The number of amides is 1. The van der Waals surface area contributed by atoms with E-state index in [9.17, 15) is 4.79 Å². The first-order chi connectivity index (χ1) is 11.1. The van der Waals surface area contributed by atoms with E-state index in [1.807, 2.05) is 60.8 Å². The van der Waals surface area contributed by atoms with Crippen LogP contribution in [0.15, 0.2) is 48.5 Å². The van der Waals surface area contributed by atoms with Crippen LogP contribution in [0.1, 0.15) is 24.1 Å². The zero-order valence-corrected chi connectivity index (χ0v) is 13.7. The number of nitrogens with one attached hydrogen (secondary N) is 1. The molecule has 0 fully saturated rings. The summed E-state index contributed by atoms with van der Waals surface area (Å²) in [6.07, 6.45) is 0.376. The van der Waals surface area contributed by atoms with Crippen LogP contribution in [-0.2, 0) is 11.2 Å². The van der Waals surface area contributed by atoms with E-state index in [1.165, 1.54) is 0 Å². The van der Waals surface area contributed by atoms with Crippen LogP contribution >= 0.6 is 11.6 Å². The molecule has 2 aromatic rings. The van der Waals surface area contributed by atoms with Gasteiger partial charge in [0.2, 0.25) is 0 Å². The highest BCUT2D eigenvalue weighted by Gasteiger charge is 2.11. The minimum atomic E-state index is -0.0566. The van der Waals surface area contributed by atoms with Gasteiger partial charge in [-0.05, 0) is 36.8 Å². The maximum Gasteiger partial charge on any atom is 0.279 e. The Kier molecular flexibility index (Phi) is 6.16. The van der Waals surface area contributed by atoms with Gasteiger partial charge in [-0.2, -0.15) is 5.26 Å². The number of rotatable bonds is 6. The lowest BCUT2D eigenvalue weighted by Crippen LogP contribution is -2.86. The van der Waals surface area contributed by atoms with Crippen molar-refractivity contribution < 1.29 is 10.1 Å². The first-order valence-electron chi connectivity index (χ1n) is 7.43. The third kappa shape index (κ3) is 5.41. The van der Waals surface area contributed by atoms with Crippen molar-refractivity contribution in [1.29, 1.82) is 5.26 Å². The Hall–Kier alpha value is -2.35. The number of anilines is 1. The lowest BCUT2D eigenvalue weighted by Gasteiger charge is -2.11. The molecule has 0 spiro atoms. The minimum Gasteiger partial charge on any atom is -0.333 e. The van der Waals surface area contributed by atoms with Crippen molar-refractivity contribution in [2.75, 3.05) is 11.9 Å². The van der Waals surface area contributed by atoms with E-state index < -0.39 is 0 Å². The first kappa shape index (κ1) is 17.0. The van der Waals surface area contributed by atoms with Crippen molar-refractivity contribution in [2.45, 2.75) is 19.4 Å². The van der Waals surface area contributed by atoms with Crippen LogP contribution in [0.4, 0.5) is 5.69 Å². The molecule has 2 aromatic carbocycles. The van der Waals surface area contributed by atoms with Crippen molar-refractivity contribution in [3.63, 3.8) is 0 Å². The molecule has 0 saturated carbocycles. The summed E-state index contributed by atoms with van der Waals surface area (Å²) in [7, 11) is 0. The number of quaternary nitrogens is 1. The number of hydrogen-bond acceptors (Lipinski definition) is 2. The quantitative estimate of drug-likeness (QED) is 0.856. The van der Waals surface area contributed by atoms with Gasteiger partial charge in [-0.1, -0.05) is 35.9 Å². The van der Waals surface area contributed by atoms with Crippen LogP contribution in [-0.4, -0.2) is 12.5 Å². The number of nitrogens with zero attached hydrogens (tertiary/aromatic N) is 1. The molecule has 4 nitrogen and oxygen atoms in total. The van der Waals surface area contributed by atoms with Crippen molar-refractivity contribution in [3.8, 4) is 6.07 Å².